The zero-order valence-electron chi connectivity index (χ0n) is 10.8. The zero-order chi connectivity index (χ0) is 12.3. The van der Waals surface area contributed by atoms with Gasteiger partial charge in [0.15, 0.2) is 0 Å². The number of aromatic nitrogens is 3. The predicted octanol–water partition coefficient (Wildman–Crippen LogP) is 1.000. The van der Waals surface area contributed by atoms with Gasteiger partial charge in [0, 0.05) is 18.6 Å². The second-order valence-electron chi connectivity index (χ2n) is 4.92. The number of likely N-dealkylation sites (N-methyl/N-ethyl adjacent to an activating group) is 1. The number of hydrogen-bond acceptors (Lipinski definition) is 4. The zero-order valence-corrected chi connectivity index (χ0v) is 10.8. The number of rotatable bonds is 4. The van der Waals surface area contributed by atoms with E-state index in [1.54, 1.807) is 6.33 Å². The van der Waals surface area contributed by atoms with E-state index in [2.05, 4.69) is 29.0 Å². The van der Waals surface area contributed by atoms with E-state index < -0.39 is 0 Å². The number of nitrogens with zero attached hydrogens (tertiary/aromatic N) is 4. The van der Waals surface area contributed by atoms with Crippen LogP contribution in [-0.2, 0) is 13.1 Å². The molecule has 0 aromatic carbocycles. The van der Waals surface area contributed by atoms with Gasteiger partial charge in [0.05, 0.1) is 6.54 Å². The smallest absolute Gasteiger partial charge is 0.140 e. The third-order valence-corrected chi connectivity index (χ3v) is 3.73. The highest BCUT2D eigenvalue weighted by Crippen LogP contribution is 2.21. The molecule has 1 fully saturated rings. The van der Waals surface area contributed by atoms with Gasteiger partial charge in [-0.05, 0) is 26.8 Å². The molecule has 17 heavy (non-hydrogen) atoms. The molecule has 1 aliphatic rings. The molecule has 2 rings (SSSR count). The summed E-state index contributed by atoms with van der Waals surface area (Å²) >= 11 is 0. The highest BCUT2D eigenvalue weighted by Gasteiger charge is 2.26. The molecular weight excluding hydrogens is 214 g/mol. The van der Waals surface area contributed by atoms with Crippen LogP contribution in [0.3, 0.4) is 0 Å². The molecule has 5 nitrogen and oxygen atoms in total. The van der Waals surface area contributed by atoms with Crippen LogP contribution in [-0.4, -0.2) is 38.8 Å². The van der Waals surface area contributed by atoms with E-state index in [1.807, 2.05) is 4.68 Å². The molecule has 96 valence electrons. The molecule has 1 saturated carbocycles. The molecule has 1 aliphatic carbocycles. The largest absolute Gasteiger partial charge is 0.326 e. The molecule has 2 atom stereocenters. The van der Waals surface area contributed by atoms with E-state index >= 15 is 0 Å². The molecule has 0 bridgehead atoms. The van der Waals surface area contributed by atoms with E-state index in [-0.39, 0.29) is 0 Å². The van der Waals surface area contributed by atoms with Crippen LogP contribution in [0.15, 0.2) is 6.33 Å². The monoisotopic (exact) mass is 237 g/mol. The van der Waals surface area contributed by atoms with E-state index in [0.29, 0.717) is 12.1 Å². The molecule has 1 heterocycles. The molecule has 5 heteroatoms. The molecule has 0 aliphatic heterocycles. The normalized spacial score (nSPS) is 25.4. The summed E-state index contributed by atoms with van der Waals surface area (Å²) in [7, 11) is 2.14. The van der Waals surface area contributed by atoms with Gasteiger partial charge in [-0.1, -0.05) is 12.8 Å². The SMILES string of the molecule is CCn1ncnc1CN(C)C1CCCCC1N. The molecule has 0 radical (unpaired) electrons. The minimum absolute atomic E-state index is 0.312. The van der Waals surface area contributed by atoms with Gasteiger partial charge in [-0.15, -0.1) is 0 Å². The average Bonchev–Trinajstić information content (AvgIpc) is 2.76. The van der Waals surface area contributed by atoms with Crippen LogP contribution in [0, 0.1) is 0 Å². The Bertz CT molecular complexity index is 348. The first-order valence-electron chi connectivity index (χ1n) is 6.55. The van der Waals surface area contributed by atoms with Crippen LogP contribution in [0.25, 0.3) is 0 Å². The maximum atomic E-state index is 6.19. The third-order valence-electron chi connectivity index (χ3n) is 3.73. The van der Waals surface area contributed by atoms with Gasteiger partial charge in [0.2, 0.25) is 0 Å². The maximum Gasteiger partial charge on any atom is 0.140 e. The molecule has 2 unspecified atom stereocenters. The highest BCUT2D eigenvalue weighted by molar-refractivity contribution is 4.90. The van der Waals surface area contributed by atoms with Crippen molar-refractivity contribution in [1.29, 1.82) is 0 Å². The summed E-state index contributed by atoms with van der Waals surface area (Å²) in [6, 6.07) is 0.803. The Kier molecular flexibility index (Phi) is 4.12. The average molecular weight is 237 g/mol. The fourth-order valence-electron chi connectivity index (χ4n) is 2.70. The van der Waals surface area contributed by atoms with Crippen LogP contribution in [0.2, 0.25) is 0 Å². The van der Waals surface area contributed by atoms with Crippen LogP contribution in [0.1, 0.15) is 38.4 Å². The second-order valence-corrected chi connectivity index (χ2v) is 4.92. The first-order valence-corrected chi connectivity index (χ1v) is 6.55. The summed E-state index contributed by atoms with van der Waals surface area (Å²) in [5.74, 6) is 1.03. The van der Waals surface area contributed by atoms with Crippen molar-refractivity contribution >= 4 is 0 Å². The van der Waals surface area contributed by atoms with Crippen LogP contribution < -0.4 is 5.73 Å². The van der Waals surface area contributed by atoms with Crippen LogP contribution >= 0.6 is 0 Å². The second kappa shape index (κ2) is 5.60. The lowest BCUT2D eigenvalue weighted by Crippen LogP contribution is -2.47. The number of nitrogens with two attached hydrogens (primary N) is 1. The summed E-state index contributed by atoms with van der Waals surface area (Å²) in [5, 5.41) is 4.20. The summed E-state index contributed by atoms with van der Waals surface area (Å²) < 4.78 is 1.95. The Labute approximate surface area is 103 Å². The maximum absolute atomic E-state index is 6.19. The van der Waals surface area contributed by atoms with E-state index in [1.165, 1.54) is 19.3 Å². The summed E-state index contributed by atoms with van der Waals surface area (Å²) in [4.78, 5) is 6.65. The minimum atomic E-state index is 0.312. The summed E-state index contributed by atoms with van der Waals surface area (Å²) in [6.07, 6.45) is 6.56. The minimum Gasteiger partial charge on any atom is -0.326 e. The van der Waals surface area contributed by atoms with Gasteiger partial charge < -0.3 is 5.73 Å². The fourth-order valence-corrected chi connectivity index (χ4v) is 2.70. The standard InChI is InChI=1S/C12H23N5/c1-3-17-12(14-9-15-17)8-16(2)11-7-5-4-6-10(11)13/h9-11H,3-8,13H2,1-2H3. The Morgan fingerprint density at radius 1 is 1.47 bits per heavy atom. The molecule has 1 aromatic heterocycles. The molecule has 0 spiro atoms. The number of hydrogen-bond donors (Lipinski definition) is 1. The first kappa shape index (κ1) is 12.5. The van der Waals surface area contributed by atoms with Crippen molar-refractivity contribution in [2.45, 2.75) is 57.8 Å². The lowest BCUT2D eigenvalue weighted by molar-refractivity contribution is 0.157. The van der Waals surface area contributed by atoms with Gasteiger partial charge in [0.1, 0.15) is 12.2 Å². The fraction of sp³-hybridized carbons (Fsp3) is 0.833. The highest BCUT2D eigenvalue weighted by atomic mass is 15.3. The third kappa shape index (κ3) is 2.84. The lowest BCUT2D eigenvalue weighted by Gasteiger charge is -2.35. The van der Waals surface area contributed by atoms with Gasteiger partial charge in [-0.25, -0.2) is 9.67 Å². The van der Waals surface area contributed by atoms with Gasteiger partial charge in [-0.3, -0.25) is 4.90 Å². The van der Waals surface area contributed by atoms with Crippen molar-refractivity contribution in [2.24, 2.45) is 5.73 Å². The Hall–Kier alpha value is -0.940. The molecule has 0 amide bonds. The number of aryl methyl sites for hydroxylation is 1. The van der Waals surface area contributed by atoms with Crippen molar-refractivity contribution in [1.82, 2.24) is 19.7 Å². The molecular formula is C12H23N5. The van der Waals surface area contributed by atoms with Gasteiger partial charge in [-0.2, -0.15) is 5.10 Å². The van der Waals surface area contributed by atoms with E-state index in [0.717, 1.165) is 25.3 Å². The Morgan fingerprint density at radius 3 is 2.94 bits per heavy atom. The summed E-state index contributed by atoms with van der Waals surface area (Å²) in [5.41, 5.74) is 6.19. The quantitative estimate of drug-likeness (QED) is 0.848. The predicted molar refractivity (Wildman–Crippen MR) is 67.4 cm³/mol. The van der Waals surface area contributed by atoms with Crippen molar-refractivity contribution < 1.29 is 0 Å². The first-order chi connectivity index (χ1) is 8.22. The van der Waals surface area contributed by atoms with Crippen LogP contribution in [0.4, 0.5) is 0 Å². The molecule has 1 aromatic rings. The van der Waals surface area contributed by atoms with Gasteiger partial charge in [0.25, 0.3) is 0 Å². The Balaban J connectivity index is 1.98. The summed E-state index contributed by atoms with van der Waals surface area (Å²) in [6.45, 7) is 3.80. The lowest BCUT2D eigenvalue weighted by atomic mass is 9.90. The van der Waals surface area contributed by atoms with Gasteiger partial charge >= 0.3 is 0 Å². The van der Waals surface area contributed by atoms with E-state index in [9.17, 15) is 0 Å². The van der Waals surface area contributed by atoms with E-state index in [4.69, 9.17) is 5.73 Å². The molecule has 0 saturated heterocycles. The van der Waals surface area contributed by atoms with Crippen molar-refractivity contribution in [3.63, 3.8) is 0 Å². The van der Waals surface area contributed by atoms with Crippen molar-refractivity contribution in [2.75, 3.05) is 7.05 Å². The van der Waals surface area contributed by atoms with Crippen molar-refractivity contribution in [3.05, 3.63) is 12.2 Å². The van der Waals surface area contributed by atoms with Crippen molar-refractivity contribution in [3.8, 4) is 0 Å². The Morgan fingerprint density at radius 2 is 2.24 bits per heavy atom. The van der Waals surface area contributed by atoms with Crippen LogP contribution in [0.5, 0.6) is 0 Å². The molecule has 2 N–H and O–H groups in total. The topological polar surface area (TPSA) is 60.0 Å².